The van der Waals surface area contributed by atoms with Crippen molar-refractivity contribution in [2.75, 3.05) is 0 Å². The highest BCUT2D eigenvalue weighted by Gasteiger charge is 2.37. The summed E-state index contributed by atoms with van der Waals surface area (Å²) >= 11 is 0. The van der Waals surface area contributed by atoms with Crippen LogP contribution in [-0.2, 0) is 0 Å². The van der Waals surface area contributed by atoms with Gasteiger partial charge in [0.2, 0.25) is 11.6 Å². The number of phenolic OH excluding ortho intramolecular Hbond substituents is 2. The molecular weight excluding hydrogens is 214 g/mol. The summed E-state index contributed by atoms with van der Waals surface area (Å²) in [5, 5.41) is 19.2. The molecule has 0 aromatic heterocycles. The van der Waals surface area contributed by atoms with Gasteiger partial charge in [0.1, 0.15) is 0 Å². The molecule has 84 valence electrons. The summed E-state index contributed by atoms with van der Waals surface area (Å²) in [6, 6.07) is 0. The lowest BCUT2D eigenvalue weighted by atomic mass is 9.71. The van der Waals surface area contributed by atoms with Gasteiger partial charge in [0.15, 0.2) is 11.5 Å². The van der Waals surface area contributed by atoms with Gasteiger partial charge in [-0.1, -0.05) is 12.2 Å². The molecule has 3 aliphatic carbocycles. The van der Waals surface area contributed by atoms with Crippen LogP contribution >= 0.6 is 0 Å². The molecule has 2 unspecified atom stereocenters. The van der Waals surface area contributed by atoms with Gasteiger partial charge in [-0.2, -0.15) is 8.78 Å². The summed E-state index contributed by atoms with van der Waals surface area (Å²) in [6.45, 7) is 0. The molecule has 1 aromatic rings. The molecule has 0 spiro atoms. The predicted molar refractivity (Wildman–Crippen MR) is 53.5 cm³/mol. The highest BCUT2D eigenvalue weighted by molar-refractivity contribution is 5.58. The molecule has 0 radical (unpaired) electrons. The summed E-state index contributed by atoms with van der Waals surface area (Å²) in [7, 11) is 0. The highest BCUT2D eigenvalue weighted by atomic mass is 19.2. The van der Waals surface area contributed by atoms with E-state index < -0.39 is 23.1 Å². The largest absolute Gasteiger partial charge is 0.505 e. The topological polar surface area (TPSA) is 40.5 Å². The van der Waals surface area contributed by atoms with Crippen molar-refractivity contribution in [1.29, 1.82) is 0 Å². The zero-order valence-electron chi connectivity index (χ0n) is 8.37. The minimum atomic E-state index is -1.35. The predicted octanol–water partition coefficient (Wildman–Crippen LogP) is 2.91. The van der Waals surface area contributed by atoms with Gasteiger partial charge >= 0.3 is 0 Å². The van der Waals surface area contributed by atoms with Crippen LogP contribution < -0.4 is 0 Å². The third-order valence-electron chi connectivity index (χ3n) is 3.51. The molecule has 2 bridgehead atoms. The zero-order chi connectivity index (χ0) is 11.4. The maximum absolute atomic E-state index is 13.3. The van der Waals surface area contributed by atoms with E-state index in [1.54, 1.807) is 0 Å². The van der Waals surface area contributed by atoms with Crippen molar-refractivity contribution in [3.8, 4) is 11.5 Å². The molecule has 0 saturated heterocycles. The molecular formula is C12H10F2O2. The maximum atomic E-state index is 13.3. The number of rotatable bonds is 0. The van der Waals surface area contributed by atoms with Crippen molar-refractivity contribution in [1.82, 2.24) is 0 Å². The number of phenols is 2. The summed E-state index contributed by atoms with van der Waals surface area (Å²) in [4.78, 5) is 0. The average molecular weight is 224 g/mol. The van der Waals surface area contributed by atoms with Crippen molar-refractivity contribution >= 4 is 0 Å². The van der Waals surface area contributed by atoms with Crippen LogP contribution in [0.4, 0.5) is 8.78 Å². The number of benzene rings is 1. The van der Waals surface area contributed by atoms with Gasteiger partial charge in [0, 0.05) is 23.0 Å². The Kier molecular flexibility index (Phi) is 1.79. The van der Waals surface area contributed by atoms with Crippen LogP contribution in [0.3, 0.4) is 0 Å². The van der Waals surface area contributed by atoms with Gasteiger partial charge in [-0.25, -0.2) is 0 Å². The van der Waals surface area contributed by atoms with E-state index in [2.05, 4.69) is 0 Å². The number of hydrogen-bond acceptors (Lipinski definition) is 2. The molecule has 3 aliphatic rings. The Labute approximate surface area is 90.8 Å². The van der Waals surface area contributed by atoms with E-state index in [1.807, 2.05) is 12.2 Å². The molecule has 1 aromatic carbocycles. The van der Waals surface area contributed by atoms with E-state index in [4.69, 9.17) is 0 Å². The second-order valence-electron chi connectivity index (χ2n) is 4.33. The fourth-order valence-electron chi connectivity index (χ4n) is 2.75. The molecule has 0 heterocycles. The van der Waals surface area contributed by atoms with E-state index in [0.29, 0.717) is 11.1 Å². The summed E-state index contributed by atoms with van der Waals surface area (Å²) in [5.74, 6) is -4.22. The van der Waals surface area contributed by atoms with Gasteiger partial charge in [0.05, 0.1) is 0 Å². The number of aromatic hydroxyl groups is 2. The molecule has 4 rings (SSSR count). The summed E-state index contributed by atoms with van der Waals surface area (Å²) in [5.41, 5.74) is 0.713. The van der Waals surface area contributed by atoms with Crippen LogP contribution in [0.5, 0.6) is 11.5 Å². The normalized spacial score (nSPS) is 25.9. The molecule has 0 fully saturated rings. The van der Waals surface area contributed by atoms with Gasteiger partial charge in [0.25, 0.3) is 0 Å². The first-order valence-corrected chi connectivity index (χ1v) is 5.22. The third-order valence-corrected chi connectivity index (χ3v) is 3.51. The van der Waals surface area contributed by atoms with Crippen molar-refractivity contribution < 1.29 is 19.0 Å². The van der Waals surface area contributed by atoms with Gasteiger partial charge in [-0.05, 0) is 12.8 Å². The molecule has 2 N–H and O–H groups in total. The lowest BCUT2D eigenvalue weighted by Gasteiger charge is -2.34. The fraction of sp³-hybridized carbons (Fsp3) is 0.333. The molecule has 0 aliphatic heterocycles. The number of hydrogen-bond donors (Lipinski definition) is 2. The van der Waals surface area contributed by atoms with E-state index in [0.717, 1.165) is 12.8 Å². The Bertz CT molecular complexity index is 463. The molecule has 16 heavy (non-hydrogen) atoms. The maximum Gasteiger partial charge on any atom is 0.204 e. The lowest BCUT2D eigenvalue weighted by Crippen LogP contribution is -2.18. The molecule has 4 heteroatoms. The standard InChI is InChI=1S/C12H10F2O2/c13-9-10(14)12(16)8-6-2-1-5(3-4-6)7(8)11(9)15/h1-2,5-6,15-16H,3-4H2. The minimum Gasteiger partial charge on any atom is -0.505 e. The Morgan fingerprint density at radius 3 is 1.56 bits per heavy atom. The van der Waals surface area contributed by atoms with Crippen LogP contribution in [0.2, 0.25) is 0 Å². The second-order valence-corrected chi connectivity index (χ2v) is 4.33. The Morgan fingerprint density at radius 1 is 0.875 bits per heavy atom. The molecule has 0 saturated carbocycles. The third kappa shape index (κ3) is 0.991. The van der Waals surface area contributed by atoms with Crippen LogP contribution in [-0.4, -0.2) is 10.2 Å². The van der Waals surface area contributed by atoms with E-state index in [1.165, 1.54) is 0 Å². The monoisotopic (exact) mass is 224 g/mol. The van der Waals surface area contributed by atoms with Crippen LogP contribution in [0.15, 0.2) is 12.2 Å². The first-order chi connectivity index (χ1) is 7.61. The van der Waals surface area contributed by atoms with Crippen LogP contribution in [0.1, 0.15) is 35.8 Å². The Hall–Kier alpha value is -1.58. The Morgan fingerprint density at radius 2 is 1.25 bits per heavy atom. The van der Waals surface area contributed by atoms with Crippen molar-refractivity contribution in [2.45, 2.75) is 24.7 Å². The molecule has 0 amide bonds. The minimum absolute atomic E-state index is 0.110. The van der Waals surface area contributed by atoms with Gasteiger partial charge < -0.3 is 10.2 Å². The highest BCUT2D eigenvalue weighted by Crippen LogP contribution is 2.53. The first kappa shape index (κ1) is 9.63. The van der Waals surface area contributed by atoms with Crippen LogP contribution in [0.25, 0.3) is 0 Å². The lowest BCUT2D eigenvalue weighted by molar-refractivity contribution is 0.352. The molecule has 2 nitrogen and oxygen atoms in total. The number of fused-ring (bicyclic) bond motifs is 1. The Balaban J connectivity index is 2.37. The average Bonchev–Trinajstić information content (AvgIpc) is 2.34. The number of allylic oxidation sites excluding steroid dienone is 2. The van der Waals surface area contributed by atoms with Gasteiger partial charge in [-0.3, -0.25) is 0 Å². The fourth-order valence-corrected chi connectivity index (χ4v) is 2.75. The zero-order valence-corrected chi connectivity index (χ0v) is 8.37. The van der Waals surface area contributed by atoms with Crippen molar-refractivity contribution in [3.05, 3.63) is 34.9 Å². The van der Waals surface area contributed by atoms with E-state index in [9.17, 15) is 19.0 Å². The van der Waals surface area contributed by atoms with Gasteiger partial charge in [-0.15, -0.1) is 0 Å². The second kappa shape index (κ2) is 2.97. The molecule has 2 atom stereocenters. The van der Waals surface area contributed by atoms with Crippen molar-refractivity contribution in [2.24, 2.45) is 0 Å². The first-order valence-electron chi connectivity index (χ1n) is 5.22. The van der Waals surface area contributed by atoms with E-state index >= 15 is 0 Å². The number of halogens is 2. The van der Waals surface area contributed by atoms with Crippen molar-refractivity contribution in [3.63, 3.8) is 0 Å². The summed E-state index contributed by atoms with van der Waals surface area (Å²) < 4.78 is 26.6. The SMILES string of the molecule is Oc1c(F)c(F)c(O)c2c1C1C=CC2CC1. The smallest absolute Gasteiger partial charge is 0.204 e. The van der Waals surface area contributed by atoms with Crippen LogP contribution in [0, 0.1) is 11.6 Å². The van der Waals surface area contributed by atoms with E-state index in [-0.39, 0.29) is 11.8 Å². The quantitative estimate of drug-likeness (QED) is 0.525. The summed E-state index contributed by atoms with van der Waals surface area (Å²) in [6.07, 6.45) is 5.36.